The quantitative estimate of drug-likeness (QED) is 0.549. The van der Waals surface area contributed by atoms with Crippen molar-refractivity contribution in [3.63, 3.8) is 0 Å². The van der Waals surface area contributed by atoms with E-state index in [0.29, 0.717) is 13.2 Å². The van der Waals surface area contributed by atoms with Gasteiger partial charge in [0, 0.05) is 12.6 Å². The Bertz CT molecular complexity index is 363. The third-order valence-corrected chi connectivity index (χ3v) is 2.74. The summed E-state index contributed by atoms with van der Waals surface area (Å²) in [4.78, 5) is 0. The van der Waals surface area contributed by atoms with E-state index in [4.69, 9.17) is 10.5 Å². The second-order valence-electron chi connectivity index (χ2n) is 4.11. The van der Waals surface area contributed by atoms with Gasteiger partial charge in [-0.3, -0.25) is 0 Å². The lowest BCUT2D eigenvalue weighted by molar-refractivity contribution is 0.339. The van der Waals surface area contributed by atoms with E-state index in [2.05, 4.69) is 29.6 Å². The smallest absolute Gasteiger partial charge is 0.119 e. The van der Waals surface area contributed by atoms with Crippen LogP contribution in [0.15, 0.2) is 36.4 Å². The van der Waals surface area contributed by atoms with Gasteiger partial charge in [0.1, 0.15) is 5.75 Å². The first kappa shape index (κ1) is 14.7. The molecule has 0 saturated carbocycles. The third kappa shape index (κ3) is 4.90. The number of hydrogen-bond acceptors (Lipinski definition) is 3. The SMILES string of the molecule is C/C=C/CCNC(CN)c1cccc(OCC)c1. The second kappa shape index (κ2) is 8.72. The Kier molecular flexibility index (Phi) is 7.14. The standard InChI is InChI=1S/C15H24N2O/c1-3-5-6-10-17-15(12-16)13-8-7-9-14(11-13)18-4-2/h3,5,7-9,11,15,17H,4,6,10,12,16H2,1-2H3/b5-3+. The van der Waals surface area contributed by atoms with Crippen LogP contribution in [0.5, 0.6) is 5.75 Å². The molecule has 1 aromatic carbocycles. The van der Waals surface area contributed by atoms with Crippen LogP contribution in [0.2, 0.25) is 0 Å². The molecule has 0 heterocycles. The molecular formula is C15H24N2O. The number of hydrogen-bond donors (Lipinski definition) is 2. The average Bonchev–Trinajstić information content (AvgIpc) is 2.40. The zero-order valence-electron chi connectivity index (χ0n) is 11.4. The molecule has 0 aliphatic heterocycles. The largest absolute Gasteiger partial charge is 0.494 e. The molecule has 1 rings (SSSR count). The predicted molar refractivity (Wildman–Crippen MR) is 76.8 cm³/mol. The predicted octanol–water partition coefficient (Wildman–Crippen LogP) is 2.64. The Morgan fingerprint density at radius 1 is 1.44 bits per heavy atom. The number of rotatable bonds is 8. The molecule has 0 spiro atoms. The Morgan fingerprint density at radius 2 is 2.28 bits per heavy atom. The maximum absolute atomic E-state index is 5.82. The molecule has 0 aromatic heterocycles. The zero-order chi connectivity index (χ0) is 13.2. The van der Waals surface area contributed by atoms with Crippen molar-refractivity contribution in [1.82, 2.24) is 5.32 Å². The van der Waals surface area contributed by atoms with Crippen molar-refractivity contribution in [2.45, 2.75) is 26.3 Å². The summed E-state index contributed by atoms with van der Waals surface area (Å²) in [5.41, 5.74) is 7.01. The summed E-state index contributed by atoms with van der Waals surface area (Å²) >= 11 is 0. The molecule has 0 aliphatic rings. The average molecular weight is 248 g/mol. The number of nitrogens with one attached hydrogen (secondary N) is 1. The Morgan fingerprint density at radius 3 is 2.94 bits per heavy atom. The van der Waals surface area contributed by atoms with Crippen molar-refractivity contribution in [1.29, 1.82) is 0 Å². The third-order valence-electron chi connectivity index (χ3n) is 2.74. The number of benzene rings is 1. The van der Waals surface area contributed by atoms with Crippen LogP contribution in [0.4, 0.5) is 0 Å². The summed E-state index contributed by atoms with van der Waals surface area (Å²) in [7, 11) is 0. The molecule has 0 amide bonds. The van der Waals surface area contributed by atoms with Gasteiger partial charge in [-0.2, -0.15) is 0 Å². The Balaban J connectivity index is 2.60. The van der Waals surface area contributed by atoms with Crippen LogP contribution in [0.3, 0.4) is 0 Å². The van der Waals surface area contributed by atoms with Crippen LogP contribution in [-0.2, 0) is 0 Å². The molecule has 100 valence electrons. The van der Waals surface area contributed by atoms with E-state index in [9.17, 15) is 0 Å². The fourth-order valence-corrected chi connectivity index (χ4v) is 1.83. The van der Waals surface area contributed by atoms with Gasteiger partial charge in [-0.1, -0.05) is 24.3 Å². The van der Waals surface area contributed by atoms with E-state index in [1.807, 2.05) is 26.0 Å². The molecular weight excluding hydrogens is 224 g/mol. The molecule has 3 N–H and O–H groups in total. The van der Waals surface area contributed by atoms with Crippen LogP contribution in [0.1, 0.15) is 31.9 Å². The van der Waals surface area contributed by atoms with E-state index >= 15 is 0 Å². The van der Waals surface area contributed by atoms with Crippen molar-refractivity contribution < 1.29 is 4.74 Å². The van der Waals surface area contributed by atoms with Gasteiger partial charge in [-0.15, -0.1) is 0 Å². The first-order chi connectivity index (χ1) is 8.81. The van der Waals surface area contributed by atoms with Crippen LogP contribution >= 0.6 is 0 Å². The van der Waals surface area contributed by atoms with Crippen LogP contribution in [0, 0.1) is 0 Å². The van der Waals surface area contributed by atoms with Crippen molar-refractivity contribution in [2.24, 2.45) is 5.73 Å². The lowest BCUT2D eigenvalue weighted by atomic mass is 10.1. The van der Waals surface area contributed by atoms with Crippen molar-refractivity contribution >= 4 is 0 Å². The summed E-state index contributed by atoms with van der Waals surface area (Å²) in [5.74, 6) is 0.906. The highest BCUT2D eigenvalue weighted by Gasteiger charge is 2.08. The topological polar surface area (TPSA) is 47.3 Å². The fourth-order valence-electron chi connectivity index (χ4n) is 1.83. The van der Waals surface area contributed by atoms with Crippen LogP contribution in [0.25, 0.3) is 0 Å². The highest BCUT2D eigenvalue weighted by atomic mass is 16.5. The zero-order valence-corrected chi connectivity index (χ0v) is 11.4. The summed E-state index contributed by atoms with van der Waals surface area (Å²) in [6.07, 6.45) is 5.24. The number of allylic oxidation sites excluding steroid dienone is 1. The summed E-state index contributed by atoms with van der Waals surface area (Å²) < 4.78 is 5.50. The number of nitrogens with two attached hydrogens (primary N) is 1. The lowest BCUT2D eigenvalue weighted by Crippen LogP contribution is -2.28. The molecule has 18 heavy (non-hydrogen) atoms. The van der Waals surface area contributed by atoms with E-state index < -0.39 is 0 Å². The molecule has 1 atom stereocenters. The highest BCUT2D eigenvalue weighted by Crippen LogP contribution is 2.18. The summed E-state index contributed by atoms with van der Waals surface area (Å²) in [5, 5.41) is 3.46. The Hall–Kier alpha value is -1.32. The summed E-state index contributed by atoms with van der Waals surface area (Å²) in [6, 6.07) is 8.32. The van der Waals surface area contributed by atoms with Gasteiger partial charge in [0.15, 0.2) is 0 Å². The minimum atomic E-state index is 0.190. The first-order valence-electron chi connectivity index (χ1n) is 6.59. The minimum Gasteiger partial charge on any atom is -0.494 e. The van der Waals surface area contributed by atoms with Gasteiger partial charge >= 0.3 is 0 Å². The van der Waals surface area contributed by atoms with Crippen molar-refractivity contribution in [2.75, 3.05) is 19.7 Å². The molecule has 0 fully saturated rings. The van der Waals surface area contributed by atoms with E-state index in [0.717, 1.165) is 18.7 Å². The minimum absolute atomic E-state index is 0.190. The van der Waals surface area contributed by atoms with Crippen LogP contribution < -0.4 is 15.8 Å². The van der Waals surface area contributed by atoms with Crippen molar-refractivity contribution in [3.8, 4) is 5.75 Å². The monoisotopic (exact) mass is 248 g/mol. The fraction of sp³-hybridized carbons (Fsp3) is 0.467. The maximum Gasteiger partial charge on any atom is 0.119 e. The van der Waals surface area contributed by atoms with Gasteiger partial charge in [-0.05, 0) is 44.5 Å². The Labute approximate surface area is 110 Å². The van der Waals surface area contributed by atoms with Gasteiger partial charge in [-0.25, -0.2) is 0 Å². The van der Waals surface area contributed by atoms with Gasteiger partial charge < -0.3 is 15.8 Å². The van der Waals surface area contributed by atoms with E-state index in [1.165, 1.54) is 5.56 Å². The lowest BCUT2D eigenvalue weighted by Gasteiger charge is -2.17. The molecule has 1 unspecified atom stereocenters. The normalized spacial score (nSPS) is 12.8. The molecule has 0 saturated heterocycles. The molecule has 3 nitrogen and oxygen atoms in total. The number of ether oxygens (including phenoxy) is 1. The molecule has 1 aromatic rings. The van der Waals surface area contributed by atoms with Crippen molar-refractivity contribution in [3.05, 3.63) is 42.0 Å². The van der Waals surface area contributed by atoms with Gasteiger partial charge in [0.05, 0.1) is 6.61 Å². The van der Waals surface area contributed by atoms with Gasteiger partial charge in [0.2, 0.25) is 0 Å². The molecule has 0 radical (unpaired) electrons. The van der Waals surface area contributed by atoms with Gasteiger partial charge in [0.25, 0.3) is 0 Å². The summed E-state index contributed by atoms with van der Waals surface area (Å²) in [6.45, 7) is 6.23. The van der Waals surface area contributed by atoms with E-state index in [1.54, 1.807) is 0 Å². The second-order valence-corrected chi connectivity index (χ2v) is 4.11. The first-order valence-corrected chi connectivity index (χ1v) is 6.59. The molecule has 0 aliphatic carbocycles. The van der Waals surface area contributed by atoms with E-state index in [-0.39, 0.29) is 6.04 Å². The molecule has 0 bridgehead atoms. The maximum atomic E-state index is 5.82. The molecule has 3 heteroatoms. The highest BCUT2D eigenvalue weighted by molar-refractivity contribution is 5.30. The van der Waals surface area contributed by atoms with Crippen LogP contribution in [-0.4, -0.2) is 19.7 Å².